The molecule has 1 aromatic carbocycles. The Labute approximate surface area is 143 Å². The van der Waals surface area contributed by atoms with E-state index in [-0.39, 0.29) is 18.4 Å². The van der Waals surface area contributed by atoms with Crippen molar-refractivity contribution in [3.8, 4) is 6.07 Å². The van der Waals surface area contributed by atoms with Gasteiger partial charge in [-0.15, -0.1) is 0 Å². The van der Waals surface area contributed by atoms with Gasteiger partial charge in [0.2, 0.25) is 5.91 Å². The largest absolute Gasteiger partial charge is 0.445 e. The van der Waals surface area contributed by atoms with Gasteiger partial charge < -0.3 is 15.4 Å². The highest BCUT2D eigenvalue weighted by Crippen LogP contribution is 2.07. The zero-order valence-electron chi connectivity index (χ0n) is 14.4. The predicted octanol–water partition coefficient (Wildman–Crippen LogP) is 2.75. The Kier molecular flexibility index (Phi) is 8.34. The Bertz CT molecular complexity index is 567. The number of hydrogen-bond acceptors (Lipinski definition) is 4. The van der Waals surface area contributed by atoms with Gasteiger partial charge in [-0.2, -0.15) is 5.26 Å². The number of nitrogens with one attached hydrogen (secondary N) is 2. The minimum absolute atomic E-state index is 0.137. The number of nitriles is 1. The molecule has 0 fully saturated rings. The molecule has 0 saturated carbocycles. The van der Waals surface area contributed by atoms with E-state index in [4.69, 9.17) is 10.00 Å². The van der Waals surface area contributed by atoms with Crippen molar-refractivity contribution in [1.29, 1.82) is 5.26 Å². The molecule has 1 unspecified atom stereocenters. The summed E-state index contributed by atoms with van der Waals surface area (Å²) in [6.45, 7) is 5.86. The quantitative estimate of drug-likeness (QED) is 0.766. The summed E-state index contributed by atoms with van der Waals surface area (Å²) in [6, 6.07) is 10.0. The third-order valence-corrected chi connectivity index (χ3v) is 3.41. The summed E-state index contributed by atoms with van der Waals surface area (Å²) in [5, 5.41) is 14.2. The van der Waals surface area contributed by atoms with E-state index >= 15 is 0 Å². The Morgan fingerprint density at radius 2 is 1.88 bits per heavy atom. The van der Waals surface area contributed by atoms with E-state index in [9.17, 15) is 9.59 Å². The third-order valence-electron chi connectivity index (χ3n) is 3.41. The summed E-state index contributed by atoms with van der Waals surface area (Å²) in [7, 11) is 0. The van der Waals surface area contributed by atoms with Gasteiger partial charge in [0.1, 0.15) is 18.7 Å². The lowest BCUT2D eigenvalue weighted by atomic mass is 10.0. The Morgan fingerprint density at radius 3 is 2.42 bits per heavy atom. The molecule has 130 valence electrons. The summed E-state index contributed by atoms with van der Waals surface area (Å²) in [5.41, 5.74) is 0.869. The summed E-state index contributed by atoms with van der Waals surface area (Å²) >= 11 is 0. The minimum atomic E-state index is -0.726. The summed E-state index contributed by atoms with van der Waals surface area (Å²) in [6.07, 6.45) is 0.327. The van der Waals surface area contributed by atoms with Crippen molar-refractivity contribution in [3.63, 3.8) is 0 Å². The van der Waals surface area contributed by atoms with Crippen LogP contribution in [0.2, 0.25) is 0 Å². The van der Waals surface area contributed by atoms with Crippen LogP contribution >= 0.6 is 0 Å². The molecule has 6 nitrogen and oxygen atoms in total. The molecule has 0 heterocycles. The van der Waals surface area contributed by atoms with Crippen LogP contribution in [0.4, 0.5) is 4.79 Å². The van der Waals surface area contributed by atoms with Gasteiger partial charge in [-0.1, -0.05) is 51.1 Å². The van der Waals surface area contributed by atoms with Crippen molar-refractivity contribution in [1.82, 2.24) is 10.6 Å². The van der Waals surface area contributed by atoms with Crippen LogP contribution in [0.5, 0.6) is 0 Å². The lowest BCUT2D eigenvalue weighted by Crippen LogP contribution is -2.49. The Morgan fingerprint density at radius 1 is 1.21 bits per heavy atom. The van der Waals surface area contributed by atoms with Gasteiger partial charge in [-0.25, -0.2) is 4.79 Å². The van der Waals surface area contributed by atoms with Gasteiger partial charge >= 0.3 is 6.09 Å². The molecular weight excluding hydrogens is 306 g/mol. The summed E-state index contributed by atoms with van der Waals surface area (Å²) in [5.74, 6) is -0.161. The van der Waals surface area contributed by atoms with E-state index in [1.165, 1.54) is 0 Å². The second kappa shape index (κ2) is 10.3. The zero-order chi connectivity index (χ0) is 17.9. The monoisotopic (exact) mass is 331 g/mol. The highest BCUT2D eigenvalue weighted by Gasteiger charge is 2.24. The van der Waals surface area contributed by atoms with E-state index in [1.54, 1.807) is 0 Å². The van der Waals surface area contributed by atoms with Gasteiger partial charge in [0.05, 0.1) is 6.07 Å². The number of ether oxygens (including phenoxy) is 1. The average Bonchev–Trinajstić information content (AvgIpc) is 2.57. The van der Waals surface area contributed by atoms with Crippen LogP contribution in [-0.2, 0) is 16.1 Å². The smallest absolute Gasteiger partial charge is 0.408 e. The average molecular weight is 331 g/mol. The second-order valence-corrected chi connectivity index (χ2v) is 5.99. The van der Waals surface area contributed by atoms with Crippen molar-refractivity contribution in [2.45, 2.75) is 52.3 Å². The van der Waals surface area contributed by atoms with Gasteiger partial charge in [-0.3, -0.25) is 4.79 Å². The van der Waals surface area contributed by atoms with E-state index in [0.717, 1.165) is 5.56 Å². The van der Waals surface area contributed by atoms with Gasteiger partial charge in [0.25, 0.3) is 0 Å². The first-order valence-electron chi connectivity index (χ1n) is 8.13. The van der Waals surface area contributed by atoms with E-state index in [1.807, 2.05) is 57.2 Å². The molecule has 0 aliphatic carbocycles. The lowest BCUT2D eigenvalue weighted by molar-refractivity contribution is -0.123. The molecule has 2 N–H and O–H groups in total. The molecule has 2 amide bonds. The summed E-state index contributed by atoms with van der Waals surface area (Å²) in [4.78, 5) is 24.2. The predicted molar refractivity (Wildman–Crippen MR) is 90.8 cm³/mol. The minimum Gasteiger partial charge on any atom is -0.445 e. The number of nitrogens with zero attached hydrogens (tertiary/aromatic N) is 1. The molecule has 0 aliphatic rings. The molecule has 1 aromatic rings. The maximum atomic E-state index is 12.3. The van der Waals surface area contributed by atoms with Crippen LogP contribution in [0.1, 0.15) is 39.2 Å². The van der Waals surface area contributed by atoms with Gasteiger partial charge in [0, 0.05) is 0 Å². The number of alkyl carbamates (subject to hydrolysis) is 1. The fourth-order valence-electron chi connectivity index (χ4n) is 2.11. The van der Waals surface area contributed by atoms with Crippen LogP contribution in [0.3, 0.4) is 0 Å². The second-order valence-electron chi connectivity index (χ2n) is 5.99. The van der Waals surface area contributed by atoms with Gasteiger partial charge in [0.15, 0.2) is 0 Å². The first kappa shape index (κ1) is 19.5. The van der Waals surface area contributed by atoms with E-state index in [0.29, 0.717) is 12.8 Å². The normalized spacial score (nSPS) is 12.8. The van der Waals surface area contributed by atoms with Crippen LogP contribution in [0, 0.1) is 17.2 Å². The fraction of sp³-hybridized carbons (Fsp3) is 0.500. The molecule has 0 aromatic heterocycles. The van der Waals surface area contributed by atoms with Gasteiger partial charge in [-0.05, 0) is 24.3 Å². The molecule has 24 heavy (non-hydrogen) atoms. The Hall–Kier alpha value is -2.55. The van der Waals surface area contributed by atoms with E-state index in [2.05, 4.69) is 10.6 Å². The molecular formula is C18H25N3O3. The van der Waals surface area contributed by atoms with Crippen molar-refractivity contribution < 1.29 is 14.3 Å². The molecule has 0 bridgehead atoms. The SMILES string of the molecule is CCC(C#N)NC(=O)[C@H](CC(C)C)NC(=O)OCc1ccccc1. The van der Waals surface area contributed by atoms with Crippen molar-refractivity contribution >= 4 is 12.0 Å². The van der Waals surface area contributed by atoms with E-state index < -0.39 is 18.2 Å². The highest BCUT2D eigenvalue weighted by atomic mass is 16.5. The molecule has 0 aliphatic heterocycles. The highest BCUT2D eigenvalue weighted by molar-refractivity contribution is 5.86. The zero-order valence-corrected chi connectivity index (χ0v) is 14.4. The third kappa shape index (κ3) is 7.14. The fourth-order valence-corrected chi connectivity index (χ4v) is 2.11. The number of rotatable bonds is 8. The first-order chi connectivity index (χ1) is 11.5. The molecule has 1 rings (SSSR count). The maximum Gasteiger partial charge on any atom is 0.408 e. The van der Waals surface area contributed by atoms with Crippen LogP contribution in [0.25, 0.3) is 0 Å². The topological polar surface area (TPSA) is 91.2 Å². The van der Waals surface area contributed by atoms with Crippen LogP contribution < -0.4 is 10.6 Å². The first-order valence-corrected chi connectivity index (χ1v) is 8.13. The van der Waals surface area contributed by atoms with Crippen molar-refractivity contribution in [2.24, 2.45) is 5.92 Å². The number of carbonyl (C=O) groups is 2. The molecule has 2 atom stereocenters. The number of carbonyl (C=O) groups excluding carboxylic acids is 2. The molecule has 0 saturated heterocycles. The maximum absolute atomic E-state index is 12.3. The standard InChI is InChI=1S/C18H25N3O3/c1-4-15(11-19)20-17(22)16(10-13(2)3)21-18(23)24-12-14-8-6-5-7-9-14/h5-9,13,15-16H,4,10,12H2,1-3H3,(H,20,22)(H,21,23)/t15?,16-/m0/s1. The molecule has 6 heteroatoms. The number of hydrogen-bond donors (Lipinski definition) is 2. The lowest BCUT2D eigenvalue weighted by Gasteiger charge is -2.21. The van der Waals surface area contributed by atoms with Crippen LogP contribution in [-0.4, -0.2) is 24.1 Å². The van der Waals surface area contributed by atoms with Crippen LogP contribution in [0.15, 0.2) is 30.3 Å². The number of benzene rings is 1. The number of amides is 2. The van der Waals surface area contributed by atoms with Crippen molar-refractivity contribution in [2.75, 3.05) is 0 Å². The van der Waals surface area contributed by atoms with Crippen molar-refractivity contribution in [3.05, 3.63) is 35.9 Å². The summed E-state index contributed by atoms with van der Waals surface area (Å²) < 4.78 is 5.15. The molecule has 0 spiro atoms. The Balaban J connectivity index is 2.59. The molecule has 0 radical (unpaired) electrons.